The van der Waals surface area contributed by atoms with Crippen molar-refractivity contribution in [3.8, 4) is 0 Å². The van der Waals surface area contributed by atoms with Gasteiger partial charge in [0.05, 0.1) is 62.0 Å². The Labute approximate surface area is 493 Å². The zero-order valence-electron chi connectivity index (χ0n) is 49.7. The molecule has 85 heavy (non-hydrogen) atoms. The van der Waals surface area contributed by atoms with E-state index in [9.17, 15) is 76.0 Å². The molecule has 26 nitrogen and oxygen atoms in total. The molecule has 30 atom stereocenters. The van der Waals surface area contributed by atoms with E-state index in [0.29, 0.717) is 51.4 Å². The predicted molar refractivity (Wildman–Crippen MR) is 286 cm³/mol. The minimum absolute atomic E-state index is 0.0971. The Bertz CT molecular complexity index is 2480. The fraction of sp³-hybridized carbons (Fsp3) is 0.915. The van der Waals surface area contributed by atoms with Crippen molar-refractivity contribution < 1.29 is 128 Å². The van der Waals surface area contributed by atoms with Gasteiger partial charge >= 0.3 is 17.9 Å². The van der Waals surface area contributed by atoms with E-state index in [2.05, 4.69) is 40.7 Å². The molecular formula is C59H92O26. The van der Waals surface area contributed by atoms with Crippen molar-refractivity contribution in [2.75, 3.05) is 26.4 Å². The number of aliphatic hydroxyl groups excluding tert-OH is 12. The van der Waals surface area contributed by atoms with Crippen LogP contribution in [0.3, 0.4) is 0 Å². The van der Waals surface area contributed by atoms with Crippen LogP contribution in [0, 0.1) is 50.2 Å². The number of hydrogen-bond acceptors (Lipinski definition) is 26. The number of ether oxygens (including phenoxy) is 10. The highest BCUT2D eigenvalue weighted by Gasteiger charge is 2.72. The van der Waals surface area contributed by atoms with Crippen LogP contribution in [-0.2, 0) is 61.8 Å². The van der Waals surface area contributed by atoms with Crippen molar-refractivity contribution in [1.29, 1.82) is 0 Å². The van der Waals surface area contributed by atoms with Gasteiger partial charge < -0.3 is 114 Å². The molecule has 13 N–H and O–H groups in total. The van der Waals surface area contributed by atoms with Gasteiger partial charge in [0.2, 0.25) is 6.29 Å². The van der Waals surface area contributed by atoms with E-state index >= 15 is 4.79 Å². The molecule has 14 aliphatic rings. The van der Waals surface area contributed by atoms with E-state index in [0.717, 1.165) is 12.5 Å². The molecule has 0 radical (unpaired) electrons. The van der Waals surface area contributed by atoms with E-state index in [1.165, 1.54) is 6.92 Å². The van der Waals surface area contributed by atoms with Crippen LogP contribution in [0.5, 0.6) is 0 Å². The third kappa shape index (κ3) is 11.1. The molecule has 0 aromatic heterocycles. The van der Waals surface area contributed by atoms with Gasteiger partial charge in [-0.05, 0) is 111 Å². The number of allylic oxidation sites excluding steroid dienone is 2. The number of esters is 3. The first kappa shape index (κ1) is 65.3. The Morgan fingerprint density at radius 1 is 0.576 bits per heavy atom. The average Bonchev–Trinajstić information content (AvgIpc) is 0.707. The Morgan fingerprint density at radius 2 is 1.21 bits per heavy atom. The first-order valence-corrected chi connectivity index (χ1v) is 30.3. The average molecular weight is 1220 g/mol. The number of aliphatic hydroxyl groups is 13. The molecule has 30 unspecified atom stereocenters. The molecule has 0 aromatic carbocycles. The number of carbonyl (C=O) groups excluding carboxylic acids is 3. The van der Waals surface area contributed by atoms with Gasteiger partial charge in [-0.25, -0.2) is 0 Å². The van der Waals surface area contributed by atoms with Crippen molar-refractivity contribution in [3.05, 3.63) is 11.6 Å². The maximum atomic E-state index is 15.4. The van der Waals surface area contributed by atoms with Gasteiger partial charge in [0, 0.05) is 5.41 Å². The fourth-order valence-corrected chi connectivity index (χ4v) is 17.5. The van der Waals surface area contributed by atoms with E-state index in [-0.39, 0.29) is 29.6 Å². The van der Waals surface area contributed by atoms with Crippen LogP contribution < -0.4 is 0 Å². The number of rotatable bonds is 2. The zero-order chi connectivity index (χ0) is 62.1. The van der Waals surface area contributed by atoms with Gasteiger partial charge in [-0.2, -0.15) is 0 Å². The van der Waals surface area contributed by atoms with Crippen LogP contribution >= 0.6 is 0 Å². The van der Waals surface area contributed by atoms with E-state index < -0.39 is 219 Å². The summed E-state index contributed by atoms with van der Waals surface area (Å²) in [7, 11) is 0. The summed E-state index contributed by atoms with van der Waals surface area (Å²) in [6.07, 6.45) is -31.2. The van der Waals surface area contributed by atoms with Crippen LogP contribution in [0.25, 0.3) is 0 Å². The summed E-state index contributed by atoms with van der Waals surface area (Å²) >= 11 is 0. The molecule has 0 amide bonds. The summed E-state index contributed by atoms with van der Waals surface area (Å²) < 4.78 is 59.8. The minimum atomic E-state index is -2.20. The number of carbonyl (C=O) groups is 3. The third-order valence-corrected chi connectivity index (χ3v) is 22.6. The standard InChI is InChI=1S/C59H92O26/c1-25-44-41(71)43(73)48(78-25)82-45-36(66)29(63)22-77-50(45)85-52(74)59-15-13-53(2,3)17-27(59)26-9-10-33-55(5)18-28(62)47(56(6,24-61)32(55)11-12-58(33,8)57(26,7)14-16-59)84-51-46(40(70)37(67)30(21-60)79-51)83-49-42(72)39(69)38(68)31(80-49)23-76-34(64)19-54(4,75)20-35(65)81-44/h9,25,27-33,36-51,60-63,66-73,75H,10-24H2,1-8H3. The van der Waals surface area contributed by atoms with Gasteiger partial charge in [0.15, 0.2) is 31.1 Å². The van der Waals surface area contributed by atoms with Gasteiger partial charge in [-0.1, -0.05) is 53.2 Å². The summed E-state index contributed by atoms with van der Waals surface area (Å²) in [5.74, 6) is -3.69. The van der Waals surface area contributed by atoms with Crippen LogP contribution in [0.1, 0.15) is 126 Å². The van der Waals surface area contributed by atoms with E-state index in [4.69, 9.17) is 47.4 Å². The highest BCUT2D eigenvalue weighted by Crippen LogP contribution is 2.76. The fourth-order valence-electron chi connectivity index (χ4n) is 17.5. The lowest BCUT2D eigenvalue weighted by molar-refractivity contribution is -0.384. The highest BCUT2D eigenvalue weighted by molar-refractivity contribution is 5.79. The van der Waals surface area contributed by atoms with Crippen molar-refractivity contribution in [1.82, 2.24) is 0 Å². The summed E-state index contributed by atoms with van der Waals surface area (Å²) in [5, 5.41) is 147. The zero-order valence-corrected chi connectivity index (χ0v) is 49.7. The molecule has 5 aliphatic carbocycles. The second-order valence-electron chi connectivity index (χ2n) is 28.6. The van der Waals surface area contributed by atoms with Crippen molar-refractivity contribution in [3.63, 3.8) is 0 Å². The van der Waals surface area contributed by atoms with Crippen LogP contribution in [0.15, 0.2) is 11.6 Å². The summed E-state index contributed by atoms with van der Waals surface area (Å²) in [4.78, 5) is 42.0. The van der Waals surface area contributed by atoms with Crippen LogP contribution in [-0.4, -0.2) is 245 Å². The normalized spacial score (nSPS) is 54.4. The van der Waals surface area contributed by atoms with Crippen LogP contribution in [0.2, 0.25) is 0 Å². The second-order valence-corrected chi connectivity index (χ2v) is 28.6. The summed E-state index contributed by atoms with van der Waals surface area (Å²) in [5.41, 5.74) is -5.24. The molecule has 9 aliphatic heterocycles. The molecule has 484 valence electrons. The molecular weight excluding hydrogens is 1120 g/mol. The van der Waals surface area contributed by atoms with E-state index in [1.54, 1.807) is 0 Å². The quantitative estimate of drug-likeness (QED) is 0.0629. The van der Waals surface area contributed by atoms with Crippen LogP contribution in [0.4, 0.5) is 0 Å². The number of hydrogen-bond donors (Lipinski definition) is 13. The molecule has 9 heterocycles. The third-order valence-electron chi connectivity index (χ3n) is 22.6. The highest BCUT2D eigenvalue weighted by atomic mass is 16.8. The monoisotopic (exact) mass is 1220 g/mol. The first-order chi connectivity index (χ1) is 39.7. The largest absolute Gasteiger partial charge is 0.463 e. The Hall–Kier alpha value is -2.65. The van der Waals surface area contributed by atoms with E-state index in [1.807, 2.05) is 6.92 Å². The second kappa shape index (κ2) is 23.5. The Balaban J connectivity index is 1.00. The lowest BCUT2D eigenvalue weighted by Crippen LogP contribution is -2.70. The molecule has 12 bridgehead atoms. The lowest BCUT2D eigenvalue weighted by Gasteiger charge is -2.72. The molecule has 1 spiro atoms. The van der Waals surface area contributed by atoms with Gasteiger partial charge in [-0.15, -0.1) is 0 Å². The maximum absolute atomic E-state index is 15.4. The topological polar surface area (TPSA) is 407 Å². The summed E-state index contributed by atoms with van der Waals surface area (Å²) in [6.45, 7) is 12.7. The Kier molecular flexibility index (Phi) is 18.1. The lowest BCUT2D eigenvalue weighted by atomic mass is 9.33. The van der Waals surface area contributed by atoms with Gasteiger partial charge in [-0.3, -0.25) is 14.4 Å². The van der Waals surface area contributed by atoms with Crippen molar-refractivity contribution in [2.45, 2.75) is 261 Å². The molecule has 10 fully saturated rings. The summed E-state index contributed by atoms with van der Waals surface area (Å²) in [6, 6.07) is 0. The molecule has 14 rings (SSSR count). The molecule has 26 heteroatoms. The van der Waals surface area contributed by atoms with Crippen molar-refractivity contribution >= 4 is 17.9 Å². The van der Waals surface area contributed by atoms with Gasteiger partial charge in [0.25, 0.3) is 0 Å². The maximum Gasteiger partial charge on any atom is 0.315 e. The van der Waals surface area contributed by atoms with Gasteiger partial charge in [0.1, 0.15) is 79.9 Å². The first-order valence-electron chi connectivity index (χ1n) is 30.3. The smallest absolute Gasteiger partial charge is 0.315 e. The SMILES string of the molecule is CC1OC2OC3C(OCC(O)C3O)OC(=O)C34CCC(C)(C)CC3C3=CCC5C6(C)CC(O)C(OC7OC(CO)C(O)C(O)C7OC7OC(COC(=O)CC(C)(O)CC(=O)OC1C(O)C2O)C(O)C(O)C7O)C(C)(CO)C6CCC5(C)C3(C)CC4. The molecule has 0 aromatic rings. The van der Waals surface area contributed by atoms with Crippen molar-refractivity contribution in [2.24, 2.45) is 50.2 Å². The Morgan fingerprint density at radius 3 is 1.89 bits per heavy atom. The minimum Gasteiger partial charge on any atom is -0.463 e. The molecule has 4 saturated carbocycles. The predicted octanol–water partition coefficient (Wildman–Crippen LogP) is -1.78. The molecule has 6 saturated heterocycles.